The minimum atomic E-state index is 0.00712. The van der Waals surface area contributed by atoms with E-state index in [0.29, 0.717) is 11.8 Å². The lowest BCUT2D eigenvalue weighted by Gasteiger charge is -2.22. The molecule has 0 amide bonds. The van der Waals surface area contributed by atoms with E-state index in [0.717, 1.165) is 30.3 Å². The van der Waals surface area contributed by atoms with Crippen LogP contribution in [0.4, 0.5) is 0 Å². The van der Waals surface area contributed by atoms with E-state index in [1.165, 1.54) is 5.56 Å². The van der Waals surface area contributed by atoms with Crippen LogP contribution < -0.4 is 5.32 Å². The van der Waals surface area contributed by atoms with Gasteiger partial charge in [-0.15, -0.1) is 0 Å². The van der Waals surface area contributed by atoms with E-state index in [1.54, 1.807) is 0 Å². The molecular formula is C17H31N3. The largest absolute Gasteiger partial charge is 0.316 e. The van der Waals surface area contributed by atoms with Crippen LogP contribution in [-0.2, 0) is 5.41 Å². The Morgan fingerprint density at radius 3 is 1.85 bits per heavy atom. The zero-order chi connectivity index (χ0) is 15.5. The van der Waals surface area contributed by atoms with Crippen molar-refractivity contribution < 1.29 is 0 Å². The molecule has 1 aromatic heterocycles. The van der Waals surface area contributed by atoms with Gasteiger partial charge in [0.2, 0.25) is 0 Å². The lowest BCUT2D eigenvalue weighted by molar-refractivity contribution is 0.517. The molecule has 0 fully saturated rings. The number of aryl methyl sites for hydroxylation is 2. The van der Waals surface area contributed by atoms with Crippen LogP contribution in [-0.4, -0.2) is 23.1 Å². The molecule has 0 bridgehead atoms. The van der Waals surface area contributed by atoms with Crippen molar-refractivity contribution in [2.24, 2.45) is 5.92 Å². The molecule has 0 aliphatic heterocycles. The van der Waals surface area contributed by atoms with Crippen LogP contribution in [0.2, 0.25) is 0 Å². The maximum Gasteiger partial charge on any atom is 0.134 e. The summed E-state index contributed by atoms with van der Waals surface area (Å²) in [7, 11) is 0. The van der Waals surface area contributed by atoms with Gasteiger partial charge in [-0.05, 0) is 37.8 Å². The molecule has 0 aliphatic rings. The first kappa shape index (κ1) is 17.1. The smallest absolute Gasteiger partial charge is 0.134 e. The highest BCUT2D eigenvalue weighted by Gasteiger charge is 2.21. The predicted molar refractivity (Wildman–Crippen MR) is 86.3 cm³/mol. The van der Waals surface area contributed by atoms with Crippen molar-refractivity contribution in [2.45, 2.75) is 66.7 Å². The maximum atomic E-state index is 4.73. The summed E-state index contributed by atoms with van der Waals surface area (Å²) in [4.78, 5) is 9.46. The lowest BCUT2D eigenvalue weighted by Crippen LogP contribution is -2.26. The summed E-state index contributed by atoms with van der Waals surface area (Å²) < 4.78 is 0. The van der Waals surface area contributed by atoms with Crippen LogP contribution in [0.5, 0.6) is 0 Å². The Morgan fingerprint density at radius 2 is 1.45 bits per heavy atom. The Balaban J connectivity index is 2.91. The Hall–Kier alpha value is -0.960. The van der Waals surface area contributed by atoms with Crippen LogP contribution in [0.25, 0.3) is 0 Å². The van der Waals surface area contributed by atoms with E-state index in [2.05, 4.69) is 60.7 Å². The van der Waals surface area contributed by atoms with Gasteiger partial charge in [0.25, 0.3) is 0 Å². The van der Waals surface area contributed by atoms with Crippen molar-refractivity contribution in [3.63, 3.8) is 0 Å². The molecule has 1 heterocycles. The van der Waals surface area contributed by atoms with Gasteiger partial charge < -0.3 is 5.32 Å². The third-order valence-electron chi connectivity index (χ3n) is 3.49. The molecule has 0 aliphatic carbocycles. The van der Waals surface area contributed by atoms with Crippen molar-refractivity contribution >= 4 is 0 Å². The fourth-order valence-electron chi connectivity index (χ4n) is 2.46. The second-order valence-corrected chi connectivity index (χ2v) is 7.33. The molecular weight excluding hydrogens is 246 g/mol. The van der Waals surface area contributed by atoms with Crippen LogP contribution >= 0.6 is 0 Å². The summed E-state index contributed by atoms with van der Waals surface area (Å²) in [6.07, 6.45) is 0. The highest BCUT2D eigenvalue weighted by Crippen LogP contribution is 2.25. The van der Waals surface area contributed by atoms with Gasteiger partial charge >= 0.3 is 0 Å². The van der Waals surface area contributed by atoms with Gasteiger partial charge in [-0.1, -0.05) is 41.5 Å². The minimum Gasteiger partial charge on any atom is -0.316 e. The number of hydrogen-bond donors (Lipinski definition) is 1. The molecule has 3 heteroatoms. The predicted octanol–water partition coefficient (Wildman–Crippen LogP) is 3.74. The monoisotopic (exact) mass is 277 g/mol. The highest BCUT2D eigenvalue weighted by molar-refractivity contribution is 5.29. The van der Waals surface area contributed by atoms with Gasteiger partial charge in [0.05, 0.1) is 0 Å². The molecule has 20 heavy (non-hydrogen) atoms. The average molecular weight is 277 g/mol. The highest BCUT2D eigenvalue weighted by atomic mass is 14.9. The van der Waals surface area contributed by atoms with Crippen LogP contribution in [0.15, 0.2) is 0 Å². The van der Waals surface area contributed by atoms with Gasteiger partial charge in [-0.3, -0.25) is 0 Å². The summed E-state index contributed by atoms with van der Waals surface area (Å²) in [5.74, 6) is 2.07. The summed E-state index contributed by atoms with van der Waals surface area (Å²) in [6.45, 7) is 19.5. The molecule has 1 rings (SSSR count). The fraction of sp³-hybridized carbons (Fsp3) is 0.765. The summed E-state index contributed by atoms with van der Waals surface area (Å²) in [5, 5.41) is 3.53. The van der Waals surface area contributed by atoms with E-state index < -0.39 is 0 Å². The molecule has 0 saturated carbocycles. The van der Waals surface area contributed by atoms with Crippen molar-refractivity contribution in [1.29, 1.82) is 0 Å². The Labute approximate surface area is 124 Å². The summed E-state index contributed by atoms with van der Waals surface area (Å²) >= 11 is 0. The second kappa shape index (κ2) is 6.66. The first-order valence-electron chi connectivity index (χ1n) is 7.69. The molecule has 1 unspecified atom stereocenters. The molecule has 3 nitrogen and oxygen atoms in total. The molecule has 0 radical (unpaired) electrons. The number of aromatic nitrogens is 2. The Morgan fingerprint density at radius 1 is 0.950 bits per heavy atom. The normalized spacial score (nSPS) is 13.8. The van der Waals surface area contributed by atoms with Gasteiger partial charge in [-0.25, -0.2) is 9.97 Å². The average Bonchev–Trinajstić information content (AvgIpc) is 2.26. The van der Waals surface area contributed by atoms with Crippen LogP contribution in [0, 0.1) is 19.8 Å². The van der Waals surface area contributed by atoms with Crippen molar-refractivity contribution in [2.75, 3.05) is 13.1 Å². The Kier molecular flexibility index (Phi) is 5.69. The van der Waals surface area contributed by atoms with Crippen LogP contribution in [0.3, 0.4) is 0 Å². The number of rotatable bonds is 5. The second-order valence-electron chi connectivity index (χ2n) is 7.33. The quantitative estimate of drug-likeness (QED) is 0.891. The van der Waals surface area contributed by atoms with E-state index in [4.69, 9.17) is 9.97 Å². The fourth-order valence-corrected chi connectivity index (χ4v) is 2.46. The SMILES string of the molecule is Cc1nc(C(C)(C)C)nc(C)c1C(C)CNCC(C)C. The maximum absolute atomic E-state index is 4.73. The van der Waals surface area contributed by atoms with Gasteiger partial charge in [0.15, 0.2) is 0 Å². The third-order valence-corrected chi connectivity index (χ3v) is 3.49. The molecule has 1 aromatic rings. The summed E-state index contributed by atoms with van der Waals surface area (Å²) in [5.41, 5.74) is 3.56. The van der Waals surface area contributed by atoms with E-state index in [1.807, 2.05) is 0 Å². The lowest BCUT2D eigenvalue weighted by atomic mass is 9.93. The number of nitrogens with zero attached hydrogens (tertiary/aromatic N) is 2. The topological polar surface area (TPSA) is 37.8 Å². The molecule has 0 saturated heterocycles. The molecule has 0 aromatic carbocycles. The first-order valence-corrected chi connectivity index (χ1v) is 7.69. The van der Waals surface area contributed by atoms with E-state index in [9.17, 15) is 0 Å². The summed E-state index contributed by atoms with van der Waals surface area (Å²) in [6, 6.07) is 0. The van der Waals surface area contributed by atoms with E-state index in [-0.39, 0.29) is 5.41 Å². The molecule has 114 valence electrons. The zero-order valence-corrected chi connectivity index (χ0v) is 14.5. The van der Waals surface area contributed by atoms with Gasteiger partial charge in [-0.2, -0.15) is 0 Å². The van der Waals surface area contributed by atoms with Crippen molar-refractivity contribution in [3.8, 4) is 0 Å². The third kappa shape index (κ3) is 4.55. The van der Waals surface area contributed by atoms with Crippen molar-refractivity contribution in [1.82, 2.24) is 15.3 Å². The minimum absolute atomic E-state index is 0.00712. The molecule has 1 atom stereocenters. The van der Waals surface area contributed by atoms with Gasteiger partial charge in [0, 0.05) is 23.3 Å². The first-order chi connectivity index (χ1) is 9.12. The number of nitrogens with one attached hydrogen (secondary N) is 1. The zero-order valence-electron chi connectivity index (χ0n) is 14.5. The Bertz CT molecular complexity index is 421. The van der Waals surface area contributed by atoms with Crippen LogP contribution in [0.1, 0.15) is 70.2 Å². The van der Waals surface area contributed by atoms with E-state index >= 15 is 0 Å². The number of hydrogen-bond acceptors (Lipinski definition) is 3. The standard InChI is InChI=1S/C17H31N3/c1-11(2)9-18-10-12(3)15-13(4)19-16(17(6,7)8)20-14(15)5/h11-12,18H,9-10H2,1-8H3. The molecule has 1 N–H and O–H groups in total. The van der Waals surface area contributed by atoms with Crippen molar-refractivity contribution in [3.05, 3.63) is 22.8 Å². The molecule has 0 spiro atoms. The van der Waals surface area contributed by atoms with Gasteiger partial charge in [0.1, 0.15) is 5.82 Å².